The molecule has 1 aromatic heterocycles. The minimum Gasteiger partial charge on any atom is -0.345 e. The molecule has 1 heterocycles. The molecule has 3 aromatic rings. The second-order valence-electron chi connectivity index (χ2n) is 7.59. The second kappa shape index (κ2) is 10.3. The third kappa shape index (κ3) is 6.63. The van der Waals surface area contributed by atoms with E-state index in [1.807, 2.05) is 0 Å². The lowest BCUT2D eigenvalue weighted by atomic mass is 10.1. The summed E-state index contributed by atoms with van der Waals surface area (Å²) in [5.74, 6) is -0.637. The van der Waals surface area contributed by atoms with Crippen LogP contribution in [0.5, 0.6) is 0 Å². The Morgan fingerprint density at radius 3 is 2.24 bits per heavy atom. The Bertz CT molecular complexity index is 1110. The summed E-state index contributed by atoms with van der Waals surface area (Å²) in [5.41, 5.74) is 1.78. The third-order valence-electron chi connectivity index (χ3n) is 4.74. The lowest BCUT2D eigenvalue weighted by Gasteiger charge is -2.15. The van der Waals surface area contributed by atoms with Crippen molar-refractivity contribution < 1.29 is 22.8 Å². The molecule has 2 N–H and O–H groups in total. The standard InChI is InChI=1S/C24H23F3N4O2/c1-31(2)23(33)18-11-17(12-20(13-18)30-22(32)21-5-3-4-10-29-21)15-28-14-16-6-8-19(9-7-16)24(25,26)27/h3-13,28H,14-15H2,1-2H3,(H,30,32). The predicted molar refractivity (Wildman–Crippen MR) is 119 cm³/mol. The van der Waals surface area contributed by atoms with Crippen LogP contribution in [0.3, 0.4) is 0 Å². The molecule has 2 amide bonds. The fraction of sp³-hybridized carbons (Fsp3) is 0.208. The zero-order valence-corrected chi connectivity index (χ0v) is 18.1. The van der Waals surface area contributed by atoms with Gasteiger partial charge in [0.25, 0.3) is 11.8 Å². The van der Waals surface area contributed by atoms with E-state index >= 15 is 0 Å². The lowest BCUT2D eigenvalue weighted by Crippen LogP contribution is -2.23. The van der Waals surface area contributed by atoms with Crippen LogP contribution >= 0.6 is 0 Å². The van der Waals surface area contributed by atoms with Gasteiger partial charge in [-0.1, -0.05) is 18.2 Å². The number of rotatable bonds is 7. The van der Waals surface area contributed by atoms with E-state index in [-0.39, 0.29) is 11.6 Å². The van der Waals surface area contributed by atoms with Gasteiger partial charge in [0.05, 0.1) is 5.56 Å². The van der Waals surface area contributed by atoms with E-state index < -0.39 is 17.6 Å². The number of alkyl halides is 3. The van der Waals surface area contributed by atoms with Gasteiger partial charge in [0.15, 0.2) is 0 Å². The highest BCUT2D eigenvalue weighted by molar-refractivity contribution is 6.04. The summed E-state index contributed by atoms with van der Waals surface area (Å²) < 4.78 is 38.1. The molecule has 0 spiro atoms. The topological polar surface area (TPSA) is 74.3 Å². The number of hydrogen-bond acceptors (Lipinski definition) is 4. The summed E-state index contributed by atoms with van der Waals surface area (Å²) in [4.78, 5) is 30.4. The van der Waals surface area contributed by atoms with Gasteiger partial charge in [-0.05, 0) is 53.6 Å². The third-order valence-corrected chi connectivity index (χ3v) is 4.74. The average Bonchev–Trinajstić information content (AvgIpc) is 2.78. The summed E-state index contributed by atoms with van der Waals surface area (Å²) in [6.45, 7) is 0.668. The minimum atomic E-state index is -4.37. The van der Waals surface area contributed by atoms with E-state index in [4.69, 9.17) is 0 Å². The van der Waals surface area contributed by atoms with Crippen molar-refractivity contribution in [2.24, 2.45) is 0 Å². The summed E-state index contributed by atoms with van der Waals surface area (Å²) >= 11 is 0. The van der Waals surface area contributed by atoms with Gasteiger partial charge < -0.3 is 15.5 Å². The first-order chi connectivity index (χ1) is 15.6. The molecule has 6 nitrogen and oxygen atoms in total. The van der Waals surface area contributed by atoms with Crippen LogP contribution in [0.25, 0.3) is 0 Å². The number of nitrogens with zero attached hydrogens (tertiary/aromatic N) is 2. The molecule has 0 unspecified atom stereocenters. The molecular formula is C24H23F3N4O2. The van der Waals surface area contributed by atoms with Crippen LogP contribution in [0.15, 0.2) is 66.9 Å². The maximum Gasteiger partial charge on any atom is 0.416 e. The Hall–Kier alpha value is -3.72. The van der Waals surface area contributed by atoms with Gasteiger partial charge in [0.2, 0.25) is 0 Å². The van der Waals surface area contributed by atoms with E-state index in [1.54, 1.807) is 50.5 Å². The van der Waals surface area contributed by atoms with E-state index in [0.29, 0.717) is 29.9 Å². The minimum absolute atomic E-state index is 0.229. The number of benzene rings is 2. The molecule has 9 heteroatoms. The molecule has 0 saturated heterocycles. The highest BCUT2D eigenvalue weighted by Gasteiger charge is 2.29. The number of halogens is 3. The molecular weight excluding hydrogens is 433 g/mol. The molecule has 33 heavy (non-hydrogen) atoms. The van der Waals surface area contributed by atoms with Crippen LogP contribution in [-0.4, -0.2) is 35.8 Å². The van der Waals surface area contributed by atoms with Crippen LogP contribution in [0.1, 0.15) is 37.5 Å². The van der Waals surface area contributed by atoms with Gasteiger partial charge in [0, 0.05) is 44.6 Å². The lowest BCUT2D eigenvalue weighted by molar-refractivity contribution is -0.137. The van der Waals surface area contributed by atoms with Gasteiger partial charge in [0.1, 0.15) is 5.69 Å². The zero-order chi connectivity index (χ0) is 24.0. The van der Waals surface area contributed by atoms with E-state index in [2.05, 4.69) is 15.6 Å². The van der Waals surface area contributed by atoms with Gasteiger partial charge in [-0.25, -0.2) is 0 Å². The number of pyridine rings is 1. The number of amides is 2. The summed E-state index contributed by atoms with van der Waals surface area (Å²) in [6, 6.07) is 14.9. The molecule has 0 fully saturated rings. The van der Waals surface area contributed by atoms with Crippen LogP contribution in [0, 0.1) is 0 Å². The predicted octanol–water partition coefficient (Wildman–Crippen LogP) is 4.34. The number of nitrogens with one attached hydrogen (secondary N) is 2. The maximum absolute atomic E-state index is 12.7. The first-order valence-corrected chi connectivity index (χ1v) is 10.1. The van der Waals surface area contributed by atoms with Gasteiger partial charge in [-0.3, -0.25) is 14.6 Å². The number of anilines is 1. The largest absolute Gasteiger partial charge is 0.416 e. The summed E-state index contributed by atoms with van der Waals surface area (Å²) in [7, 11) is 3.26. The van der Waals surface area contributed by atoms with Crippen molar-refractivity contribution in [1.29, 1.82) is 0 Å². The molecule has 3 rings (SSSR count). The van der Waals surface area contributed by atoms with Gasteiger partial charge >= 0.3 is 6.18 Å². The molecule has 172 valence electrons. The smallest absolute Gasteiger partial charge is 0.345 e. The normalized spacial score (nSPS) is 11.2. The fourth-order valence-electron chi connectivity index (χ4n) is 3.10. The quantitative estimate of drug-likeness (QED) is 0.555. The molecule has 0 saturated carbocycles. The molecule has 0 radical (unpaired) electrons. The maximum atomic E-state index is 12.7. The second-order valence-corrected chi connectivity index (χ2v) is 7.59. The monoisotopic (exact) mass is 456 g/mol. The molecule has 0 bridgehead atoms. The average molecular weight is 456 g/mol. The SMILES string of the molecule is CN(C)C(=O)c1cc(CNCc2ccc(C(F)(F)F)cc2)cc(NC(=O)c2ccccn2)c1. The van der Waals surface area contributed by atoms with Crippen molar-refractivity contribution in [3.8, 4) is 0 Å². The van der Waals surface area contributed by atoms with Gasteiger partial charge in [-0.15, -0.1) is 0 Å². The van der Waals surface area contributed by atoms with Crippen molar-refractivity contribution in [2.45, 2.75) is 19.3 Å². The highest BCUT2D eigenvalue weighted by atomic mass is 19.4. The summed E-state index contributed by atoms with van der Waals surface area (Å²) in [5, 5.41) is 5.91. The molecule has 0 aliphatic carbocycles. The van der Waals surface area contributed by atoms with Crippen molar-refractivity contribution in [1.82, 2.24) is 15.2 Å². The Kier molecular flexibility index (Phi) is 7.44. The van der Waals surface area contributed by atoms with E-state index in [9.17, 15) is 22.8 Å². The van der Waals surface area contributed by atoms with Crippen LogP contribution in [-0.2, 0) is 19.3 Å². The molecule has 0 atom stereocenters. The number of aromatic nitrogens is 1. The van der Waals surface area contributed by atoms with Crippen molar-refractivity contribution in [3.05, 3.63) is 94.8 Å². The Morgan fingerprint density at radius 2 is 1.64 bits per heavy atom. The van der Waals surface area contributed by atoms with Crippen LogP contribution < -0.4 is 10.6 Å². The van der Waals surface area contributed by atoms with Crippen molar-refractivity contribution in [2.75, 3.05) is 19.4 Å². The van der Waals surface area contributed by atoms with Crippen LogP contribution in [0.2, 0.25) is 0 Å². The van der Waals surface area contributed by atoms with Crippen LogP contribution in [0.4, 0.5) is 18.9 Å². The van der Waals surface area contributed by atoms with Crippen molar-refractivity contribution >= 4 is 17.5 Å². The zero-order valence-electron chi connectivity index (χ0n) is 18.1. The Labute approximate surface area is 189 Å². The van der Waals surface area contributed by atoms with Crippen molar-refractivity contribution in [3.63, 3.8) is 0 Å². The Balaban J connectivity index is 1.73. The first kappa shape index (κ1) is 23.9. The van der Waals surface area contributed by atoms with Gasteiger partial charge in [-0.2, -0.15) is 13.2 Å². The number of carbonyl (C=O) groups is 2. The number of hydrogen-bond donors (Lipinski definition) is 2. The molecule has 2 aromatic carbocycles. The molecule has 0 aliphatic heterocycles. The first-order valence-electron chi connectivity index (χ1n) is 10.1. The van der Waals surface area contributed by atoms with E-state index in [1.165, 1.54) is 23.2 Å². The summed E-state index contributed by atoms with van der Waals surface area (Å²) in [6.07, 6.45) is -2.86. The fourth-order valence-corrected chi connectivity index (χ4v) is 3.10. The highest BCUT2D eigenvalue weighted by Crippen LogP contribution is 2.29. The Morgan fingerprint density at radius 1 is 0.939 bits per heavy atom. The number of carbonyl (C=O) groups excluding carboxylic acids is 2. The van der Waals surface area contributed by atoms with E-state index in [0.717, 1.165) is 17.7 Å². The molecule has 0 aliphatic rings.